The number of carbonyl (C=O) groups is 1. The van der Waals surface area contributed by atoms with E-state index in [0.717, 1.165) is 6.42 Å². The molecule has 0 aromatic rings. The van der Waals surface area contributed by atoms with Crippen LogP contribution >= 0.6 is 7.60 Å². The van der Waals surface area contributed by atoms with E-state index in [1.54, 1.807) is 6.92 Å². The van der Waals surface area contributed by atoms with E-state index in [1.807, 2.05) is 19.0 Å². The molecule has 0 radical (unpaired) electrons. The molecule has 0 saturated heterocycles. The van der Waals surface area contributed by atoms with Crippen molar-refractivity contribution in [2.45, 2.75) is 123 Å². The van der Waals surface area contributed by atoms with Gasteiger partial charge in [0.2, 0.25) is 0 Å². The van der Waals surface area contributed by atoms with Crippen molar-refractivity contribution in [3.63, 3.8) is 0 Å². The summed E-state index contributed by atoms with van der Waals surface area (Å²) in [6.07, 6.45) is 17.5. The normalized spacial score (nSPS) is 15.1. The zero-order chi connectivity index (χ0) is 27.1. The van der Waals surface area contributed by atoms with Crippen molar-refractivity contribution in [3.05, 3.63) is 0 Å². The molecule has 0 spiro atoms. The van der Waals surface area contributed by atoms with Gasteiger partial charge in [-0.2, -0.15) is 0 Å². The molecule has 8 heteroatoms. The van der Waals surface area contributed by atoms with Crippen molar-refractivity contribution in [3.8, 4) is 0 Å². The number of hydrogen-bond acceptors (Lipinski definition) is 6. The molecule has 0 bridgehead atoms. The highest BCUT2D eigenvalue weighted by Gasteiger charge is 2.23. The fourth-order valence-electron chi connectivity index (χ4n) is 4.05. The summed E-state index contributed by atoms with van der Waals surface area (Å²) in [6.45, 7) is 7.49. The molecule has 216 valence electrons. The lowest BCUT2D eigenvalue weighted by Gasteiger charge is -2.21. The molecular weight excluding hydrogens is 477 g/mol. The van der Waals surface area contributed by atoms with Gasteiger partial charge in [0.15, 0.2) is 0 Å². The van der Waals surface area contributed by atoms with Crippen LogP contribution in [0.4, 0.5) is 0 Å². The average Bonchev–Trinajstić information content (AvgIpc) is 2.82. The van der Waals surface area contributed by atoms with Crippen molar-refractivity contribution in [1.82, 2.24) is 4.90 Å². The summed E-state index contributed by atoms with van der Waals surface area (Å²) in [5.74, 6) is 0.0589. The van der Waals surface area contributed by atoms with Crippen molar-refractivity contribution >= 4 is 13.6 Å². The molecule has 0 saturated carbocycles. The lowest BCUT2D eigenvalue weighted by molar-refractivity contribution is -0.154. The highest BCUT2D eigenvalue weighted by Crippen LogP contribution is 2.42. The molecular formula is C28H58NO6P. The summed E-state index contributed by atoms with van der Waals surface area (Å²) in [5, 5.41) is 0. The molecule has 0 aliphatic heterocycles. The number of ether oxygens (including phenoxy) is 2. The van der Waals surface area contributed by atoms with Crippen LogP contribution < -0.4 is 0 Å². The van der Waals surface area contributed by atoms with Crippen LogP contribution in [0.15, 0.2) is 0 Å². The van der Waals surface area contributed by atoms with Crippen LogP contribution in [0.25, 0.3) is 0 Å². The Balaban J connectivity index is 3.98. The van der Waals surface area contributed by atoms with E-state index in [0.29, 0.717) is 25.5 Å². The second kappa shape index (κ2) is 23.6. The summed E-state index contributed by atoms with van der Waals surface area (Å²) in [6, 6.07) is 0. The number of rotatable bonds is 26. The van der Waals surface area contributed by atoms with Crippen molar-refractivity contribution in [1.29, 1.82) is 0 Å². The summed E-state index contributed by atoms with van der Waals surface area (Å²) in [4.78, 5) is 23.8. The highest BCUT2D eigenvalue weighted by molar-refractivity contribution is 7.52. The summed E-state index contributed by atoms with van der Waals surface area (Å²) < 4.78 is 28.7. The molecule has 0 amide bonds. The van der Waals surface area contributed by atoms with Gasteiger partial charge in [0.1, 0.15) is 6.10 Å². The fraction of sp³-hybridized carbons (Fsp3) is 0.964. The summed E-state index contributed by atoms with van der Waals surface area (Å²) in [5.41, 5.74) is 0. The van der Waals surface area contributed by atoms with Gasteiger partial charge in [-0.1, -0.05) is 97.8 Å². The van der Waals surface area contributed by atoms with E-state index < -0.39 is 13.7 Å². The Labute approximate surface area is 222 Å². The Morgan fingerprint density at radius 1 is 0.833 bits per heavy atom. The molecule has 3 atom stereocenters. The summed E-state index contributed by atoms with van der Waals surface area (Å²) >= 11 is 0. The maximum atomic E-state index is 12.3. The van der Waals surface area contributed by atoms with Crippen molar-refractivity contribution in [2.75, 3.05) is 46.6 Å². The van der Waals surface area contributed by atoms with Gasteiger partial charge < -0.3 is 23.8 Å². The third-order valence-corrected chi connectivity index (χ3v) is 7.79. The van der Waals surface area contributed by atoms with Gasteiger partial charge in [0.05, 0.1) is 19.4 Å². The zero-order valence-electron chi connectivity index (χ0n) is 24.2. The van der Waals surface area contributed by atoms with E-state index in [4.69, 9.17) is 14.0 Å². The van der Waals surface area contributed by atoms with Crippen LogP contribution in [-0.2, 0) is 23.4 Å². The number of nitrogens with zero attached hydrogens (tertiary/aromatic N) is 1. The first-order valence-electron chi connectivity index (χ1n) is 14.6. The molecule has 36 heavy (non-hydrogen) atoms. The van der Waals surface area contributed by atoms with Crippen LogP contribution in [0.1, 0.15) is 117 Å². The van der Waals surface area contributed by atoms with Crippen molar-refractivity contribution < 1.29 is 28.3 Å². The Morgan fingerprint density at radius 3 is 1.92 bits per heavy atom. The lowest BCUT2D eigenvalue weighted by atomic mass is 10.0. The minimum absolute atomic E-state index is 0.0799. The Hall–Kier alpha value is -0.460. The third-order valence-electron chi connectivity index (χ3n) is 6.35. The standard InChI is InChI=1S/C28H58NO6P/c1-6-8-9-10-11-12-13-14-15-16-17-18-20-26(3)23-33-24-27(35-28(30)7-2)25-34-36(31,32)22-19-21-29(4)5/h26-27H,6-25H2,1-5H3,(H,31,32). The SMILES string of the molecule is CCCCCCCCCCCCCCC(C)COCC(COP(=O)(O)CCCN(C)C)OC(=O)CC. The van der Waals surface area contributed by atoms with Gasteiger partial charge in [-0.15, -0.1) is 0 Å². The first kappa shape index (κ1) is 35.5. The molecule has 0 aliphatic carbocycles. The molecule has 0 heterocycles. The van der Waals surface area contributed by atoms with Crippen LogP contribution in [0.3, 0.4) is 0 Å². The predicted octanol–water partition coefficient (Wildman–Crippen LogP) is 7.21. The average molecular weight is 536 g/mol. The molecule has 1 N–H and O–H groups in total. The van der Waals surface area contributed by atoms with Crippen LogP contribution in [0.5, 0.6) is 0 Å². The Bertz CT molecular complexity index is 560. The molecule has 0 aromatic heterocycles. The maximum absolute atomic E-state index is 12.3. The Kier molecular flexibility index (Phi) is 23.3. The molecule has 0 aliphatic rings. The number of carbonyl (C=O) groups excluding carboxylic acids is 1. The van der Waals surface area contributed by atoms with Gasteiger partial charge >= 0.3 is 13.6 Å². The minimum atomic E-state index is -3.72. The van der Waals surface area contributed by atoms with E-state index in [9.17, 15) is 14.3 Å². The second-order valence-corrected chi connectivity index (χ2v) is 12.6. The first-order chi connectivity index (χ1) is 17.2. The van der Waals surface area contributed by atoms with Crippen LogP contribution in [-0.4, -0.2) is 68.5 Å². The minimum Gasteiger partial charge on any atom is -0.457 e. The van der Waals surface area contributed by atoms with Crippen LogP contribution in [0, 0.1) is 5.92 Å². The van der Waals surface area contributed by atoms with Gasteiger partial charge in [-0.3, -0.25) is 9.36 Å². The molecule has 0 fully saturated rings. The molecule has 0 rings (SSSR count). The number of unbranched alkanes of at least 4 members (excludes halogenated alkanes) is 11. The second-order valence-electron chi connectivity index (χ2n) is 10.6. The van der Waals surface area contributed by atoms with E-state index in [1.165, 1.54) is 77.0 Å². The quantitative estimate of drug-likeness (QED) is 0.0712. The van der Waals surface area contributed by atoms with Gasteiger partial charge in [-0.25, -0.2) is 0 Å². The van der Waals surface area contributed by atoms with Gasteiger partial charge in [0.25, 0.3) is 0 Å². The lowest BCUT2D eigenvalue weighted by Crippen LogP contribution is -2.29. The van der Waals surface area contributed by atoms with Gasteiger partial charge in [0, 0.05) is 13.0 Å². The van der Waals surface area contributed by atoms with E-state index in [2.05, 4.69) is 13.8 Å². The first-order valence-corrected chi connectivity index (χ1v) is 16.3. The number of hydrogen-bond donors (Lipinski definition) is 1. The van der Waals surface area contributed by atoms with Crippen LogP contribution in [0.2, 0.25) is 0 Å². The highest BCUT2D eigenvalue weighted by atomic mass is 31.2. The Morgan fingerprint density at radius 2 is 1.39 bits per heavy atom. The third kappa shape index (κ3) is 23.9. The van der Waals surface area contributed by atoms with Gasteiger partial charge in [-0.05, 0) is 39.4 Å². The number of esters is 1. The predicted molar refractivity (Wildman–Crippen MR) is 150 cm³/mol. The van der Waals surface area contributed by atoms with Crippen molar-refractivity contribution in [2.24, 2.45) is 5.92 Å². The largest absolute Gasteiger partial charge is 0.457 e. The molecule has 0 aromatic carbocycles. The maximum Gasteiger partial charge on any atom is 0.328 e. The summed E-state index contributed by atoms with van der Waals surface area (Å²) in [7, 11) is 0.117. The van der Waals surface area contributed by atoms with E-state index in [-0.39, 0.29) is 31.8 Å². The monoisotopic (exact) mass is 535 g/mol. The molecule has 7 nitrogen and oxygen atoms in total. The smallest absolute Gasteiger partial charge is 0.328 e. The topological polar surface area (TPSA) is 85.3 Å². The zero-order valence-corrected chi connectivity index (χ0v) is 25.1. The fourth-order valence-corrected chi connectivity index (χ4v) is 5.12. The van der Waals surface area contributed by atoms with E-state index >= 15 is 0 Å². The molecule has 3 unspecified atom stereocenters.